The van der Waals surface area contributed by atoms with E-state index in [0.717, 1.165) is 5.56 Å². The van der Waals surface area contributed by atoms with Gasteiger partial charge in [0.2, 0.25) is 0 Å². The quantitative estimate of drug-likeness (QED) is 0.920. The number of likely N-dealkylation sites (tertiary alicyclic amines) is 1. The van der Waals surface area contributed by atoms with Gasteiger partial charge in [0.05, 0.1) is 23.8 Å². The number of β-amino-alcohol motifs (C(OH)–C–C–N with tert-alkyl or cyclic N) is 1. The number of nitriles is 1. The minimum absolute atomic E-state index is 0.158. The van der Waals surface area contributed by atoms with Crippen LogP contribution in [0.25, 0.3) is 0 Å². The van der Waals surface area contributed by atoms with Crippen LogP contribution < -0.4 is 0 Å². The van der Waals surface area contributed by atoms with Crippen LogP contribution in [0.3, 0.4) is 0 Å². The molecule has 1 aliphatic heterocycles. The molecule has 1 amide bonds. The molecule has 6 heteroatoms. The molecule has 1 aromatic heterocycles. The maximum atomic E-state index is 13.1. The van der Waals surface area contributed by atoms with Crippen molar-refractivity contribution in [2.45, 2.75) is 18.6 Å². The number of amides is 1. The number of carbonyl (C=O) groups is 1. The van der Waals surface area contributed by atoms with Crippen LogP contribution in [0.15, 0.2) is 42.6 Å². The smallest absolute Gasteiger partial charge is 0.273 e. The lowest BCUT2D eigenvalue weighted by Crippen LogP contribution is -2.32. The number of carbonyl (C=O) groups excluding carboxylic acids is 1. The minimum Gasteiger partial charge on any atom is -0.391 e. The van der Waals surface area contributed by atoms with E-state index in [1.807, 2.05) is 6.07 Å². The van der Waals surface area contributed by atoms with Gasteiger partial charge in [0.1, 0.15) is 11.5 Å². The lowest BCUT2D eigenvalue weighted by atomic mass is 10.0. The first kappa shape index (κ1) is 15.1. The number of benzene rings is 1. The summed E-state index contributed by atoms with van der Waals surface area (Å²) >= 11 is 0. The zero-order chi connectivity index (χ0) is 16.4. The number of aliphatic hydroxyl groups excluding tert-OH is 1. The van der Waals surface area contributed by atoms with Gasteiger partial charge < -0.3 is 10.0 Å². The summed E-state index contributed by atoms with van der Waals surface area (Å²) in [5.41, 5.74) is 1.26. The summed E-state index contributed by atoms with van der Waals surface area (Å²) in [6.07, 6.45) is 1.15. The molecule has 5 nitrogen and oxygen atoms in total. The number of pyridine rings is 1. The molecule has 1 aliphatic rings. The highest BCUT2D eigenvalue weighted by Gasteiger charge is 2.36. The molecule has 23 heavy (non-hydrogen) atoms. The summed E-state index contributed by atoms with van der Waals surface area (Å²) in [5, 5.41) is 18.9. The van der Waals surface area contributed by atoms with Crippen LogP contribution in [0.1, 0.15) is 34.1 Å². The molecule has 0 radical (unpaired) electrons. The average molecular weight is 311 g/mol. The SMILES string of the molecule is N#Cc1ccnc(C(=O)N2CC(O)CC2c2ccc(F)cc2)c1. The first-order chi connectivity index (χ1) is 11.1. The van der Waals surface area contributed by atoms with Crippen molar-refractivity contribution in [3.63, 3.8) is 0 Å². The summed E-state index contributed by atoms with van der Waals surface area (Å²) in [4.78, 5) is 18.2. The van der Waals surface area contributed by atoms with Crippen LogP contribution in [0, 0.1) is 17.1 Å². The third-order valence-corrected chi connectivity index (χ3v) is 3.90. The van der Waals surface area contributed by atoms with Crippen molar-refractivity contribution >= 4 is 5.91 Å². The molecule has 116 valence electrons. The number of aliphatic hydroxyl groups is 1. The van der Waals surface area contributed by atoms with Gasteiger partial charge in [0.15, 0.2) is 0 Å². The van der Waals surface area contributed by atoms with Crippen molar-refractivity contribution in [3.8, 4) is 6.07 Å². The molecule has 2 heterocycles. The van der Waals surface area contributed by atoms with Crippen molar-refractivity contribution in [3.05, 3.63) is 65.2 Å². The maximum Gasteiger partial charge on any atom is 0.273 e. The van der Waals surface area contributed by atoms with E-state index in [0.29, 0.717) is 12.0 Å². The Balaban J connectivity index is 1.91. The van der Waals surface area contributed by atoms with Gasteiger partial charge in [-0.05, 0) is 36.2 Å². The molecule has 2 atom stereocenters. The number of nitrogens with zero attached hydrogens (tertiary/aromatic N) is 3. The fourth-order valence-corrected chi connectivity index (χ4v) is 2.80. The lowest BCUT2D eigenvalue weighted by molar-refractivity contribution is 0.0710. The Labute approximate surface area is 132 Å². The highest BCUT2D eigenvalue weighted by Crippen LogP contribution is 2.33. The highest BCUT2D eigenvalue weighted by atomic mass is 19.1. The molecule has 0 spiro atoms. The van der Waals surface area contributed by atoms with Gasteiger partial charge in [-0.1, -0.05) is 12.1 Å². The molecule has 2 aromatic rings. The van der Waals surface area contributed by atoms with Gasteiger partial charge in [0.25, 0.3) is 5.91 Å². The highest BCUT2D eigenvalue weighted by molar-refractivity contribution is 5.93. The van der Waals surface area contributed by atoms with Crippen LogP contribution in [0.4, 0.5) is 4.39 Å². The molecule has 0 bridgehead atoms. The third-order valence-electron chi connectivity index (χ3n) is 3.90. The van der Waals surface area contributed by atoms with Gasteiger partial charge in [-0.3, -0.25) is 9.78 Å². The second-order valence-corrected chi connectivity index (χ2v) is 5.46. The van der Waals surface area contributed by atoms with Gasteiger partial charge >= 0.3 is 0 Å². The number of halogens is 1. The number of hydrogen-bond donors (Lipinski definition) is 1. The summed E-state index contributed by atoms with van der Waals surface area (Å²) in [6, 6.07) is 10.5. The van der Waals surface area contributed by atoms with E-state index >= 15 is 0 Å². The van der Waals surface area contributed by atoms with Gasteiger partial charge in [0, 0.05) is 12.7 Å². The number of hydrogen-bond acceptors (Lipinski definition) is 4. The lowest BCUT2D eigenvalue weighted by Gasteiger charge is -2.24. The zero-order valence-corrected chi connectivity index (χ0v) is 12.2. The Morgan fingerprint density at radius 1 is 1.35 bits per heavy atom. The first-order valence-electron chi connectivity index (χ1n) is 7.19. The Bertz CT molecular complexity index is 770. The van der Waals surface area contributed by atoms with E-state index in [1.54, 1.807) is 12.1 Å². The van der Waals surface area contributed by atoms with Crippen molar-refractivity contribution in [2.24, 2.45) is 0 Å². The van der Waals surface area contributed by atoms with E-state index in [4.69, 9.17) is 5.26 Å². The third kappa shape index (κ3) is 3.05. The predicted molar refractivity (Wildman–Crippen MR) is 79.8 cm³/mol. The fraction of sp³-hybridized carbons (Fsp3) is 0.235. The van der Waals surface area contributed by atoms with Crippen LogP contribution in [0.2, 0.25) is 0 Å². The summed E-state index contributed by atoms with van der Waals surface area (Å²) < 4.78 is 13.1. The molecular formula is C17H14FN3O2. The van der Waals surface area contributed by atoms with Crippen molar-refractivity contribution in [1.29, 1.82) is 5.26 Å². The molecular weight excluding hydrogens is 297 g/mol. The van der Waals surface area contributed by atoms with E-state index in [1.165, 1.54) is 35.4 Å². The summed E-state index contributed by atoms with van der Waals surface area (Å²) in [7, 11) is 0. The van der Waals surface area contributed by atoms with Crippen molar-refractivity contribution < 1.29 is 14.3 Å². The molecule has 1 saturated heterocycles. The minimum atomic E-state index is -0.645. The largest absolute Gasteiger partial charge is 0.391 e. The first-order valence-corrected chi connectivity index (χ1v) is 7.19. The normalized spacial score (nSPS) is 20.3. The molecule has 1 N–H and O–H groups in total. The average Bonchev–Trinajstić information content (AvgIpc) is 2.96. The number of rotatable bonds is 2. The second kappa shape index (κ2) is 6.15. The second-order valence-electron chi connectivity index (χ2n) is 5.46. The Kier molecular flexibility index (Phi) is 4.04. The van der Waals surface area contributed by atoms with Crippen molar-refractivity contribution in [2.75, 3.05) is 6.54 Å². The van der Waals surface area contributed by atoms with Gasteiger partial charge in [-0.2, -0.15) is 5.26 Å². The van der Waals surface area contributed by atoms with Crippen LogP contribution in [-0.4, -0.2) is 33.5 Å². The van der Waals surface area contributed by atoms with Gasteiger partial charge in [-0.25, -0.2) is 4.39 Å². The molecule has 3 rings (SSSR count). The van der Waals surface area contributed by atoms with E-state index < -0.39 is 6.10 Å². The Morgan fingerprint density at radius 3 is 2.78 bits per heavy atom. The molecule has 0 aliphatic carbocycles. The molecule has 1 fully saturated rings. The zero-order valence-electron chi connectivity index (χ0n) is 12.2. The van der Waals surface area contributed by atoms with Crippen LogP contribution in [-0.2, 0) is 0 Å². The van der Waals surface area contributed by atoms with Crippen LogP contribution >= 0.6 is 0 Å². The maximum absolute atomic E-state index is 13.1. The Hall–Kier alpha value is -2.78. The van der Waals surface area contributed by atoms with Crippen molar-refractivity contribution in [1.82, 2.24) is 9.88 Å². The summed E-state index contributed by atoms with van der Waals surface area (Å²) in [6.45, 7) is 0.180. The predicted octanol–water partition coefficient (Wildman–Crippen LogP) is 2.04. The fourth-order valence-electron chi connectivity index (χ4n) is 2.80. The van der Waals surface area contributed by atoms with E-state index in [9.17, 15) is 14.3 Å². The molecule has 2 unspecified atom stereocenters. The topological polar surface area (TPSA) is 77.2 Å². The van der Waals surface area contributed by atoms with E-state index in [2.05, 4.69) is 4.98 Å². The molecule has 1 aromatic carbocycles. The van der Waals surface area contributed by atoms with Gasteiger partial charge in [-0.15, -0.1) is 0 Å². The standard InChI is InChI=1S/C17H14FN3O2/c18-13-3-1-12(2-4-13)16-8-14(22)10-21(16)17(23)15-7-11(9-19)5-6-20-15/h1-7,14,16,22H,8,10H2. The van der Waals surface area contributed by atoms with Crippen LogP contribution in [0.5, 0.6) is 0 Å². The monoisotopic (exact) mass is 311 g/mol. The van der Waals surface area contributed by atoms with E-state index in [-0.39, 0.29) is 30.0 Å². The Morgan fingerprint density at radius 2 is 2.09 bits per heavy atom. The molecule has 0 saturated carbocycles. The summed E-state index contributed by atoms with van der Waals surface area (Å²) in [5.74, 6) is -0.707. The number of aromatic nitrogens is 1.